The molecule has 0 aliphatic carbocycles. The van der Waals surface area contributed by atoms with Crippen molar-refractivity contribution in [1.29, 1.82) is 0 Å². The van der Waals surface area contributed by atoms with E-state index in [0.717, 1.165) is 36.8 Å². The van der Waals surface area contributed by atoms with Crippen LogP contribution in [0.4, 0.5) is 0 Å². The Morgan fingerprint density at radius 1 is 1.16 bits per heavy atom. The average Bonchev–Trinajstić information content (AvgIpc) is 2.66. The molecular formula is C23H42IN3O3S. The maximum absolute atomic E-state index is 11.5. The molecule has 0 amide bonds. The van der Waals surface area contributed by atoms with Crippen molar-refractivity contribution in [3.05, 3.63) is 29.3 Å². The van der Waals surface area contributed by atoms with E-state index in [1.807, 2.05) is 6.92 Å². The van der Waals surface area contributed by atoms with Crippen LogP contribution in [0.1, 0.15) is 64.5 Å². The Bertz CT molecular complexity index is 780. The van der Waals surface area contributed by atoms with Gasteiger partial charge in [0.2, 0.25) is 0 Å². The van der Waals surface area contributed by atoms with Crippen LogP contribution in [-0.2, 0) is 16.4 Å². The summed E-state index contributed by atoms with van der Waals surface area (Å²) in [7, 11) is -2.96. The van der Waals surface area contributed by atoms with Crippen molar-refractivity contribution in [3.63, 3.8) is 0 Å². The second-order valence-electron chi connectivity index (χ2n) is 8.76. The minimum Gasteiger partial charge on any atom is -0.493 e. The second kappa shape index (κ2) is 14.9. The van der Waals surface area contributed by atoms with Crippen molar-refractivity contribution in [1.82, 2.24) is 10.6 Å². The van der Waals surface area contributed by atoms with Crippen molar-refractivity contribution in [2.45, 2.75) is 66.8 Å². The van der Waals surface area contributed by atoms with Crippen molar-refractivity contribution in [2.24, 2.45) is 10.4 Å². The predicted molar refractivity (Wildman–Crippen MR) is 143 cm³/mol. The van der Waals surface area contributed by atoms with Crippen LogP contribution in [0.15, 0.2) is 23.2 Å². The average molecular weight is 568 g/mol. The van der Waals surface area contributed by atoms with Crippen LogP contribution < -0.4 is 15.4 Å². The van der Waals surface area contributed by atoms with Crippen LogP contribution >= 0.6 is 24.0 Å². The number of aliphatic imine (C=N–C) groups is 1. The Labute approximate surface area is 207 Å². The van der Waals surface area contributed by atoms with E-state index in [9.17, 15) is 8.42 Å². The first kappa shape index (κ1) is 30.0. The minimum absolute atomic E-state index is 0. The summed E-state index contributed by atoms with van der Waals surface area (Å²) >= 11 is 0. The van der Waals surface area contributed by atoms with Crippen LogP contribution in [0.2, 0.25) is 0 Å². The SMILES string of the molecule is CCCCCOc1cc(C)ccc1CN=C(NCC)NCC(C)(C)CCS(C)(=O)=O.I. The van der Waals surface area contributed by atoms with E-state index in [4.69, 9.17) is 9.73 Å². The van der Waals surface area contributed by atoms with Gasteiger partial charge in [-0.1, -0.05) is 45.7 Å². The molecule has 0 unspecified atom stereocenters. The molecule has 0 heterocycles. The van der Waals surface area contributed by atoms with E-state index in [1.54, 1.807) is 0 Å². The molecule has 31 heavy (non-hydrogen) atoms. The molecule has 0 aliphatic rings. The fourth-order valence-electron chi connectivity index (χ4n) is 2.84. The molecule has 0 saturated heterocycles. The third-order valence-electron chi connectivity index (χ3n) is 4.86. The molecule has 0 radical (unpaired) electrons. The van der Waals surface area contributed by atoms with Gasteiger partial charge in [0.15, 0.2) is 5.96 Å². The molecule has 0 aliphatic heterocycles. The van der Waals surface area contributed by atoms with Gasteiger partial charge in [0.25, 0.3) is 0 Å². The van der Waals surface area contributed by atoms with Crippen molar-refractivity contribution >= 4 is 39.8 Å². The molecule has 0 atom stereocenters. The summed E-state index contributed by atoms with van der Waals surface area (Å²) in [5, 5.41) is 6.63. The maximum atomic E-state index is 11.5. The lowest BCUT2D eigenvalue weighted by molar-refractivity contribution is 0.303. The van der Waals surface area contributed by atoms with E-state index < -0.39 is 9.84 Å². The normalized spacial score (nSPS) is 12.3. The number of unbranched alkanes of at least 4 members (excludes halogenated alkanes) is 2. The number of hydrogen-bond donors (Lipinski definition) is 2. The van der Waals surface area contributed by atoms with Gasteiger partial charge in [-0.2, -0.15) is 0 Å². The van der Waals surface area contributed by atoms with Crippen LogP contribution in [-0.4, -0.2) is 46.1 Å². The van der Waals surface area contributed by atoms with Crippen LogP contribution in [0.5, 0.6) is 5.75 Å². The zero-order valence-corrected chi connectivity index (χ0v) is 23.2. The van der Waals surface area contributed by atoms with E-state index in [-0.39, 0.29) is 35.1 Å². The number of rotatable bonds is 13. The highest BCUT2D eigenvalue weighted by Gasteiger charge is 2.20. The number of nitrogens with one attached hydrogen (secondary N) is 2. The molecule has 0 fully saturated rings. The lowest BCUT2D eigenvalue weighted by Gasteiger charge is -2.26. The van der Waals surface area contributed by atoms with Gasteiger partial charge in [-0.15, -0.1) is 24.0 Å². The quantitative estimate of drug-likeness (QED) is 0.156. The lowest BCUT2D eigenvalue weighted by atomic mass is 9.90. The van der Waals surface area contributed by atoms with Crippen molar-refractivity contribution < 1.29 is 13.2 Å². The van der Waals surface area contributed by atoms with Crippen LogP contribution in [0, 0.1) is 12.3 Å². The Kier molecular flexibility index (Phi) is 14.4. The van der Waals surface area contributed by atoms with E-state index >= 15 is 0 Å². The molecule has 0 aromatic heterocycles. The molecule has 0 saturated carbocycles. The summed E-state index contributed by atoms with van der Waals surface area (Å²) in [5.74, 6) is 1.82. The summed E-state index contributed by atoms with van der Waals surface area (Å²) in [6.07, 6.45) is 5.28. The highest BCUT2D eigenvalue weighted by atomic mass is 127. The lowest BCUT2D eigenvalue weighted by Crippen LogP contribution is -2.42. The first-order valence-corrected chi connectivity index (χ1v) is 13.0. The zero-order chi connectivity index (χ0) is 22.6. The first-order valence-electron chi connectivity index (χ1n) is 11.0. The summed E-state index contributed by atoms with van der Waals surface area (Å²) in [6, 6.07) is 6.23. The van der Waals surface area contributed by atoms with Gasteiger partial charge >= 0.3 is 0 Å². The molecule has 1 aromatic carbocycles. The number of sulfone groups is 1. The molecule has 0 spiro atoms. The largest absolute Gasteiger partial charge is 0.493 e. The molecule has 2 N–H and O–H groups in total. The van der Waals surface area contributed by atoms with Gasteiger partial charge in [-0.25, -0.2) is 13.4 Å². The summed E-state index contributed by atoms with van der Waals surface area (Å²) in [6.45, 7) is 13.0. The number of hydrogen-bond acceptors (Lipinski definition) is 4. The third kappa shape index (κ3) is 13.9. The highest BCUT2D eigenvalue weighted by molar-refractivity contribution is 14.0. The fourth-order valence-corrected chi connectivity index (χ4v) is 3.76. The molecular weight excluding hydrogens is 525 g/mol. The number of nitrogens with zero attached hydrogens (tertiary/aromatic N) is 1. The van der Waals surface area contributed by atoms with Gasteiger partial charge in [0.1, 0.15) is 15.6 Å². The molecule has 0 bridgehead atoms. The standard InChI is InChI=1S/C23H41N3O3S.HI/c1-7-9-10-14-29-21-16-19(3)11-12-20(21)17-25-22(24-8-2)26-18-23(4,5)13-15-30(6,27)28;/h11-12,16H,7-10,13-15,17-18H2,1-6H3,(H2,24,25,26);1H. The predicted octanol–water partition coefficient (Wildman–Crippen LogP) is 4.70. The number of halogens is 1. The molecule has 8 heteroatoms. The summed E-state index contributed by atoms with van der Waals surface area (Å²) < 4.78 is 29.0. The smallest absolute Gasteiger partial charge is 0.191 e. The highest BCUT2D eigenvalue weighted by Crippen LogP contribution is 2.22. The molecule has 6 nitrogen and oxygen atoms in total. The van der Waals surface area contributed by atoms with Gasteiger partial charge < -0.3 is 15.4 Å². The first-order chi connectivity index (χ1) is 14.1. The number of aryl methyl sites for hydroxylation is 1. The van der Waals surface area contributed by atoms with Crippen molar-refractivity contribution in [3.8, 4) is 5.75 Å². The Balaban J connectivity index is 0.00000900. The van der Waals surface area contributed by atoms with Crippen LogP contribution in [0.3, 0.4) is 0 Å². The van der Waals surface area contributed by atoms with Gasteiger partial charge in [0, 0.05) is 24.9 Å². The maximum Gasteiger partial charge on any atom is 0.191 e. The van der Waals surface area contributed by atoms with E-state index in [0.29, 0.717) is 19.5 Å². The number of guanidine groups is 1. The number of ether oxygens (including phenoxy) is 1. The molecule has 1 aromatic rings. The van der Waals surface area contributed by atoms with Gasteiger partial charge in [-0.3, -0.25) is 0 Å². The Morgan fingerprint density at radius 3 is 2.48 bits per heavy atom. The fraction of sp³-hybridized carbons (Fsp3) is 0.696. The number of benzene rings is 1. The molecule has 180 valence electrons. The van der Waals surface area contributed by atoms with Crippen LogP contribution in [0.25, 0.3) is 0 Å². The third-order valence-corrected chi connectivity index (χ3v) is 5.81. The Hall–Kier alpha value is -1.03. The van der Waals surface area contributed by atoms with Crippen molar-refractivity contribution in [2.75, 3.05) is 31.7 Å². The zero-order valence-electron chi connectivity index (χ0n) is 20.1. The van der Waals surface area contributed by atoms with E-state index in [1.165, 1.54) is 24.7 Å². The summed E-state index contributed by atoms with van der Waals surface area (Å²) in [5.41, 5.74) is 2.08. The minimum atomic E-state index is -2.96. The Morgan fingerprint density at radius 2 is 1.87 bits per heavy atom. The topological polar surface area (TPSA) is 79.8 Å². The van der Waals surface area contributed by atoms with Gasteiger partial charge in [-0.05, 0) is 43.7 Å². The van der Waals surface area contributed by atoms with E-state index in [2.05, 4.69) is 56.5 Å². The molecule has 1 rings (SSSR count). The second-order valence-corrected chi connectivity index (χ2v) is 11.0. The van der Waals surface area contributed by atoms with Gasteiger partial charge in [0.05, 0.1) is 18.9 Å². The summed E-state index contributed by atoms with van der Waals surface area (Å²) in [4.78, 5) is 4.73. The monoisotopic (exact) mass is 567 g/mol.